The fourth-order valence-electron chi connectivity index (χ4n) is 3.27. The Morgan fingerprint density at radius 3 is 2.30 bits per heavy atom. The van der Waals surface area contributed by atoms with Crippen molar-refractivity contribution in [1.29, 1.82) is 0 Å². The molecule has 0 saturated heterocycles. The van der Waals surface area contributed by atoms with E-state index in [-0.39, 0.29) is 17.2 Å². The highest BCUT2D eigenvalue weighted by atomic mass is 35.5. The molecule has 0 bridgehead atoms. The number of hydrogen-bond donors (Lipinski definition) is 0. The van der Waals surface area contributed by atoms with Crippen molar-refractivity contribution in [3.05, 3.63) is 76.2 Å². The van der Waals surface area contributed by atoms with Crippen molar-refractivity contribution in [3.63, 3.8) is 0 Å². The highest BCUT2D eigenvalue weighted by Crippen LogP contribution is 2.44. The highest BCUT2D eigenvalue weighted by Gasteiger charge is 2.40. The van der Waals surface area contributed by atoms with Crippen LogP contribution in [0, 0.1) is 10.8 Å². The van der Waals surface area contributed by atoms with E-state index in [0.717, 1.165) is 10.7 Å². The molecule has 2 unspecified atom stereocenters. The zero-order chi connectivity index (χ0) is 21.9. The Bertz CT molecular complexity index is 992. The standard InChI is InChI=1S/C20H18ClF3N4O2/c1-12(2)18(19(27-29)28-11-25-10-26-28)16-8-7-15(9-17(16)20(22,23)24)30-14-5-3-13(21)4-6-14/h3-12,18-19H,1-2H3. The van der Waals surface area contributed by atoms with Crippen LogP contribution in [0.1, 0.15) is 37.1 Å². The molecule has 1 aromatic heterocycles. The van der Waals surface area contributed by atoms with Gasteiger partial charge in [0, 0.05) is 10.9 Å². The summed E-state index contributed by atoms with van der Waals surface area (Å²) in [5, 5.41) is 7.41. The summed E-state index contributed by atoms with van der Waals surface area (Å²) in [5.41, 5.74) is -0.970. The SMILES string of the molecule is CC(C)C(c1ccc(Oc2ccc(Cl)cc2)cc1C(F)(F)F)C(N=O)n1cncn1. The molecule has 0 aliphatic carbocycles. The molecule has 1 heterocycles. The Balaban J connectivity index is 2.05. The smallest absolute Gasteiger partial charge is 0.416 e. The van der Waals surface area contributed by atoms with Crippen molar-refractivity contribution in [3.8, 4) is 11.5 Å². The second-order valence-corrected chi connectivity index (χ2v) is 7.40. The van der Waals surface area contributed by atoms with Gasteiger partial charge < -0.3 is 4.74 Å². The van der Waals surface area contributed by atoms with Gasteiger partial charge in [0.2, 0.25) is 0 Å². The van der Waals surface area contributed by atoms with Crippen LogP contribution < -0.4 is 4.74 Å². The third-order valence-electron chi connectivity index (χ3n) is 4.59. The van der Waals surface area contributed by atoms with Gasteiger partial charge in [-0.1, -0.05) is 31.5 Å². The molecule has 0 N–H and O–H groups in total. The summed E-state index contributed by atoms with van der Waals surface area (Å²) in [7, 11) is 0. The van der Waals surface area contributed by atoms with E-state index in [4.69, 9.17) is 16.3 Å². The van der Waals surface area contributed by atoms with Crippen LogP contribution in [0.3, 0.4) is 0 Å². The van der Waals surface area contributed by atoms with Crippen LogP contribution in [0.25, 0.3) is 0 Å². The Morgan fingerprint density at radius 2 is 1.77 bits per heavy atom. The van der Waals surface area contributed by atoms with Crippen LogP contribution in [0.15, 0.2) is 60.3 Å². The van der Waals surface area contributed by atoms with Crippen molar-refractivity contribution < 1.29 is 17.9 Å². The number of ether oxygens (including phenoxy) is 1. The Labute approximate surface area is 175 Å². The molecule has 3 aromatic rings. The average molecular weight is 439 g/mol. The first-order valence-corrected chi connectivity index (χ1v) is 9.39. The van der Waals surface area contributed by atoms with Crippen LogP contribution in [0.2, 0.25) is 5.02 Å². The van der Waals surface area contributed by atoms with Crippen LogP contribution in [0.4, 0.5) is 13.2 Å². The monoisotopic (exact) mass is 438 g/mol. The quantitative estimate of drug-likeness (QED) is 0.397. The van der Waals surface area contributed by atoms with E-state index >= 15 is 0 Å². The lowest BCUT2D eigenvalue weighted by atomic mass is 9.83. The zero-order valence-corrected chi connectivity index (χ0v) is 16.8. The number of aromatic nitrogens is 3. The molecule has 0 saturated carbocycles. The summed E-state index contributed by atoms with van der Waals surface area (Å²) < 4.78 is 48.5. The molecule has 0 spiro atoms. The van der Waals surface area contributed by atoms with E-state index < -0.39 is 23.8 Å². The van der Waals surface area contributed by atoms with Gasteiger partial charge in [-0.15, -0.1) is 4.91 Å². The lowest BCUT2D eigenvalue weighted by Gasteiger charge is -2.28. The normalized spacial score (nSPS) is 13.8. The molecule has 158 valence electrons. The maximum Gasteiger partial charge on any atom is 0.416 e. The number of halogens is 4. The molecule has 3 rings (SSSR count). The Kier molecular flexibility index (Phi) is 6.40. The lowest BCUT2D eigenvalue weighted by molar-refractivity contribution is -0.138. The summed E-state index contributed by atoms with van der Waals surface area (Å²) in [6.07, 6.45) is -3.40. The van der Waals surface area contributed by atoms with Crippen LogP contribution in [-0.4, -0.2) is 14.8 Å². The van der Waals surface area contributed by atoms with Crippen molar-refractivity contribution in [2.45, 2.75) is 32.1 Å². The molecule has 0 radical (unpaired) electrons. The first kappa shape index (κ1) is 21.8. The summed E-state index contributed by atoms with van der Waals surface area (Å²) >= 11 is 5.82. The molecule has 6 nitrogen and oxygen atoms in total. The van der Waals surface area contributed by atoms with E-state index in [0.29, 0.717) is 10.8 Å². The predicted molar refractivity (Wildman–Crippen MR) is 105 cm³/mol. The van der Waals surface area contributed by atoms with Gasteiger partial charge in [0.05, 0.1) is 5.56 Å². The molecule has 30 heavy (non-hydrogen) atoms. The van der Waals surface area contributed by atoms with E-state index in [1.165, 1.54) is 24.8 Å². The van der Waals surface area contributed by atoms with Gasteiger partial charge in [-0.25, -0.2) is 9.67 Å². The Hall–Kier alpha value is -2.94. The molecular formula is C20H18ClF3N4O2. The molecule has 2 aromatic carbocycles. The molecular weight excluding hydrogens is 421 g/mol. The first-order valence-electron chi connectivity index (χ1n) is 9.02. The largest absolute Gasteiger partial charge is 0.457 e. The van der Waals surface area contributed by atoms with Crippen molar-refractivity contribution >= 4 is 11.6 Å². The summed E-state index contributed by atoms with van der Waals surface area (Å²) in [6, 6.07) is 9.91. The molecule has 2 atom stereocenters. The van der Waals surface area contributed by atoms with Gasteiger partial charge in [-0.05, 0) is 53.1 Å². The minimum atomic E-state index is -4.67. The molecule has 0 aliphatic heterocycles. The van der Waals surface area contributed by atoms with E-state index in [1.807, 2.05) is 0 Å². The maximum absolute atomic E-state index is 13.9. The van der Waals surface area contributed by atoms with Crippen LogP contribution in [0.5, 0.6) is 11.5 Å². The molecule has 0 fully saturated rings. The minimum Gasteiger partial charge on any atom is -0.457 e. The van der Waals surface area contributed by atoms with Gasteiger partial charge in [0.1, 0.15) is 24.2 Å². The number of benzene rings is 2. The van der Waals surface area contributed by atoms with E-state index in [2.05, 4.69) is 15.3 Å². The van der Waals surface area contributed by atoms with Crippen molar-refractivity contribution in [2.75, 3.05) is 0 Å². The van der Waals surface area contributed by atoms with Gasteiger partial charge in [-0.3, -0.25) is 0 Å². The number of rotatable bonds is 7. The van der Waals surface area contributed by atoms with E-state index in [1.54, 1.807) is 38.1 Å². The van der Waals surface area contributed by atoms with E-state index in [9.17, 15) is 18.1 Å². The summed E-state index contributed by atoms with van der Waals surface area (Å²) in [5.74, 6) is -0.880. The summed E-state index contributed by atoms with van der Waals surface area (Å²) in [4.78, 5) is 15.3. The lowest BCUT2D eigenvalue weighted by Crippen LogP contribution is -2.24. The van der Waals surface area contributed by atoms with Crippen LogP contribution in [-0.2, 0) is 6.18 Å². The number of nitrogens with zero attached hydrogens (tertiary/aromatic N) is 4. The van der Waals surface area contributed by atoms with Gasteiger partial charge >= 0.3 is 6.18 Å². The number of alkyl halides is 3. The second-order valence-electron chi connectivity index (χ2n) is 6.97. The fraction of sp³-hybridized carbons (Fsp3) is 0.300. The van der Waals surface area contributed by atoms with Crippen molar-refractivity contribution in [1.82, 2.24) is 14.8 Å². The van der Waals surface area contributed by atoms with Crippen molar-refractivity contribution in [2.24, 2.45) is 11.1 Å². The second kappa shape index (κ2) is 8.83. The zero-order valence-electron chi connectivity index (χ0n) is 16.0. The molecule has 10 heteroatoms. The maximum atomic E-state index is 13.9. The fourth-order valence-corrected chi connectivity index (χ4v) is 3.40. The molecule has 0 aliphatic rings. The number of hydrogen-bond acceptors (Lipinski definition) is 5. The Morgan fingerprint density at radius 1 is 1.10 bits per heavy atom. The first-order chi connectivity index (χ1) is 14.2. The predicted octanol–water partition coefficient (Wildman–Crippen LogP) is 6.45. The summed E-state index contributed by atoms with van der Waals surface area (Å²) in [6.45, 7) is 3.44. The van der Waals surface area contributed by atoms with Crippen LogP contribution >= 0.6 is 11.6 Å². The number of nitroso groups, excluding NO2 is 1. The van der Waals surface area contributed by atoms with Gasteiger partial charge in [0.25, 0.3) is 0 Å². The highest BCUT2D eigenvalue weighted by molar-refractivity contribution is 6.30. The third-order valence-corrected chi connectivity index (χ3v) is 4.85. The van der Waals surface area contributed by atoms with Gasteiger partial charge in [-0.2, -0.15) is 18.3 Å². The minimum absolute atomic E-state index is 0.00673. The topological polar surface area (TPSA) is 69.4 Å². The average Bonchev–Trinajstić information content (AvgIpc) is 3.21. The third kappa shape index (κ3) is 4.79. The molecule has 0 amide bonds. The van der Waals surface area contributed by atoms with Gasteiger partial charge in [0.15, 0.2) is 6.17 Å².